The Balaban J connectivity index is 1.45. The fourth-order valence-corrected chi connectivity index (χ4v) is 3.90. The molecule has 37 heavy (non-hydrogen) atoms. The lowest BCUT2D eigenvalue weighted by atomic mass is 10.00. The van der Waals surface area contributed by atoms with Gasteiger partial charge in [-0.2, -0.15) is 4.98 Å². The van der Waals surface area contributed by atoms with Crippen LogP contribution in [-0.2, 0) is 0 Å². The van der Waals surface area contributed by atoms with Gasteiger partial charge >= 0.3 is 0 Å². The summed E-state index contributed by atoms with van der Waals surface area (Å²) >= 11 is 0. The number of hydrogen-bond acceptors (Lipinski definition) is 6. The van der Waals surface area contributed by atoms with Gasteiger partial charge in [-0.3, -0.25) is 9.59 Å². The number of hydrogen-bond donors (Lipinski definition) is 2. The predicted molar refractivity (Wildman–Crippen MR) is 141 cm³/mol. The number of benzene rings is 4. The van der Waals surface area contributed by atoms with E-state index in [0.29, 0.717) is 33.5 Å². The average Bonchev–Trinajstić information content (AvgIpc) is 2.95. The largest absolute Gasteiger partial charge is 0.381 e. The molecule has 0 aliphatic rings. The molecule has 5 aromatic rings. The number of carbonyl (C=O) groups is 2. The molecule has 0 radical (unpaired) electrons. The van der Waals surface area contributed by atoms with Crippen molar-refractivity contribution in [1.29, 1.82) is 0 Å². The summed E-state index contributed by atoms with van der Waals surface area (Å²) in [5.41, 5.74) is 8.68. The van der Waals surface area contributed by atoms with Gasteiger partial charge < -0.3 is 11.1 Å². The summed E-state index contributed by atoms with van der Waals surface area (Å²) in [6, 6.07) is 31.1. The molecule has 0 aliphatic carbocycles. The molecule has 0 amide bonds. The number of nitrogen functional groups attached to an aromatic ring is 1. The minimum absolute atomic E-state index is 0.0470. The topological polar surface area (TPSA) is 98.0 Å². The van der Waals surface area contributed by atoms with Crippen molar-refractivity contribution in [2.45, 2.75) is 0 Å². The van der Waals surface area contributed by atoms with Crippen LogP contribution in [0.25, 0.3) is 11.3 Å². The van der Waals surface area contributed by atoms with E-state index < -0.39 is 5.82 Å². The number of ketones is 2. The highest BCUT2D eigenvalue weighted by molar-refractivity contribution is 6.10. The third-order valence-electron chi connectivity index (χ3n) is 5.73. The summed E-state index contributed by atoms with van der Waals surface area (Å²) in [5.74, 6) is -1.41. The monoisotopic (exact) mass is 488 g/mol. The highest BCUT2D eigenvalue weighted by Crippen LogP contribution is 2.28. The Morgan fingerprint density at radius 1 is 0.649 bits per heavy atom. The van der Waals surface area contributed by atoms with Crippen LogP contribution in [0.1, 0.15) is 31.8 Å². The molecule has 6 nitrogen and oxygen atoms in total. The van der Waals surface area contributed by atoms with E-state index in [1.54, 1.807) is 97.1 Å². The van der Waals surface area contributed by atoms with E-state index in [9.17, 15) is 9.59 Å². The van der Waals surface area contributed by atoms with Crippen molar-refractivity contribution >= 4 is 29.0 Å². The van der Waals surface area contributed by atoms with Gasteiger partial charge in [0.25, 0.3) is 0 Å². The third-order valence-corrected chi connectivity index (χ3v) is 5.73. The van der Waals surface area contributed by atoms with E-state index in [-0.39, 0.29) is 29.0 Å². The Labute approximate surface area is 212 Å². The van der Waals surface area contributed by atoms with E-state index in [2.05, 4.69) is 15.3 Å². The minimum atomic E-state index is -0.789. The van der Waals surface area contributed by atoms with Crippen LogP contribution in [0.5, 0.6) is 0 Å². The molecule has 0 fully saturated rings. The molecule has 3 N–H and O–H groups in total. The molecule has 0 spiro atoms. The van der Waals surface area contributed by atoms with Crippen molar-refractivity contribution in [2.75, 3.05) is 11.1 Å². The molecule has 4 aromatic carbocycles. The van der Waals surface area contributed by atoms with Gasteiger partial charge in [-0.05, 0) is 18.2 Å². The molecule has 0 unspecified atom stereocenters. The van der Waals surface area contributed by atoms with Crippen LogP contribution in [0.2, 0.25) is 0 Å². The smallest absolute Gasteiger partial charge is 0.229 e. The molecule has 1 aromatic heterocycles. The molecule has 0 saturated carbocycles. The van der Waals surface area contributed by atoms with Gasteiger partial charge in [-0.15, -0.1) is 0 Å². The van der Waals surface area contributed by atoms with Crippen molar-refractivity contribution < 1.29 is 14.0 Å². The Hall–Kier alpha value is -5.17. The number of rotatable bonds is 7. The first kappa shape index (κ1) is 23.6. The molecule has 1 heterocycles. The van der Waals surface area contributed by atoms with E-state index in [1.807, 2.05) is 12.1 Å². The first-order valence-electron chi connectivity index (χ1n) is 11.5. The zero-order chi connectivity index (χ0) is 25.8. The van der Waals surface area contributed by atoms with E-state index in [0.717, 1.165) is 0 Å². The van der Waals surface area contributed by atoms with Gasteiger partial charge in [-0.1, -0.05) is 91.0 Å². The van der Waals surface area contributed by atoms with Crippen molar-refractivity contribution in [3.05, 3.63) is 137 Å². The van der Waals surface area contributed by atoms with Crippen LogP contribution in [-0.4, -0.2) is 21.5 Å². The maximum absolute atomic E-state index is 15.0. The molecule has 0 bridgehead atoms. The average molecular weight is 489 g/mol. The van der Waals surface area contributed by atoms with Crippen molar-refractivity contribution in [3.63, 3.8) is 0 Å². The summed E-state index contributed by atoms with van der Waals surface area (Å²) in [4.78, 5) is 34.1. The normalized spacial score (nSPS) is 10.6. The van der Waals surface area contributed by atoms with Crippen LogP contribution >= 0.6 is 0 Å². The van der Waals surface area contributed by atoms with Crippen molar-refractivity contribution in [1.82, 2.24) is 9.97 Å². The summed E-state index contributed by atoms with van der Waals surface area (Å²) < 4.78 is 15.0. The lowest BCUT2D eigenvalue weighted by Crippen LogP contribution is -2.07. The Kier molecular flexibility index (Phi) is 6.50. The number of nitrogens with two attached hydrogens (primary N) is 1. The SMILES string of the molecule is Nc1nc(Nc2cccc(C(=O)c3ccccc3)c2)nc(-c2cccc(C(=O)c3ccccc3)c2)c1F. The van der Waals surface area contributed by atoms with Gasteiger partial charge in [0.15, 0.2) is 23.2 Å². The molecular formula is C30H21FN4O2. The van der Waals surface area contributed by atoms with Crippen LogP contribution in [0.3, 0.4) is 0 Å². The standard InChI is InChI=1S/C30H21FN4O2/c31-25-26(21-13-7-14-22(17-21)27(36)19-9-3-1-4-10-19)34-30(35-29(25)32)33-24-16-8-15-23(18-24)28(37)20-11-5-2-6-12-20/h1-18H,(H3,32,33,34,35). The first-order valence-corrected chi connectivity index (χ1v) is 11.5. The minimum Gasteiger partial charge on any atom is -0.381 e. The zero-order valence-corrected chi connectivity index (χ0v) is 19.6. The lowest BCUT2D eigenvalue weighted by molar-refractivity contribution is 0.103. The van der Waals surface area contributed by atoms with Crippen molar-refractivity contribution in [3.8, 4) is 11.3 Å². The van der Waals surface area contributed by atoms with Crippen LogP contribution in [0.4, 0.5) is 21.8 Å². The third kappa shape index (κ3) is 5.11. The maximum atomic E-state index is 15.0. The fourth-order valence-electron chi connectivity index (χ4n) is 3.90. The molecule has 5 rings (SSSR count). The van der Waals surface area contributed by atoms with Crippen LogP contribution in [0, 0.1) is 5.82 Å². The van der Waals surface area contributed by atoms with E-state index in [4.69, 9.17) is 5.73 Å². The fraction of sp³-hybridized carbons (Fsp3) is 0. The van der Waals surface area contributed by atoms with Gasteiger partial charge in [0.1, 0.15) is 5.69 Å². The summed E-state index contributed by atoms with van der Waals surface area (Å²) in [5, 5.41) is 3.00. The quantitative estimate of drug-likeness (QED) is 0.270. The van der Waals surface area contributed by atoms with Gasteiger partial charge in [0.05, 0.1) is 0 Å². The molecule has 0 saturated heterocycles. The number of aromatic nitrogens is 2. The molecule has 0 atom stereocenters. The van der Waals surface area contributed by atoms with Gasteiger partial charge in [0, 0.05) is 33.5 Å². The van der Waals surface area contributed by atoms with Crippen LogP contribution < -0.4 is 11.1 Å². The van der Waals surface area contributed by atoms with Gasteiger partial charge in [0.2, 0.25) is 5.95 Å². The molecule has 0 aliphatic heterocycles. The second-order valence-corrected chi connectivity index (χ2v) is 8.27. The van der Waals surface area contributed by atoms with Crippen molar-refractivity contribution in [2.24, 2.45) is 0 Å². The number of halogens is 1. The first-order chi connectivity index (χ1) is 18.0. The Morgan fingerprint density at radius 3 is 1.81 bits per heavy atom. The molecular weight excluding hydrogens is 467 g/mol. The number of carbonyl (C=O) groups excluding carboxylic acids is 2. The summed E-state index contributed by atoms with van der Waals surface area (Å²) in [6.07, 6.45) is 0. The molecule has 180 valence electrons. The van der Waals surface area contributed by atoms with Crippen LogP contribution in [0.15, 0.2) is 109 Å². The zero-order valence-electron chi connectivity index (χ0n) is 19.6. The number of nitrogens with one attached hydrogen (secondary N) is 1. The van der Waals surface area contributed by atoms with E-state index in [1.165, 1.54) is 0 Å². The molecule has 7 heteroatoms. The summed E-state index contributed by atoms with van der Waals surface area (Å²) in [7, 11) is 0. The second kappa shape index (κ2) is 10.2. The number of anilines is 3. The Morgan fingerprint density at radius 2 is 1.19 bits per heavy atom. The maximum Gasteiger partial charge on any atom is 0.229 e. The highest BCUT2D eigenvalue weighted by atomic mass is 19.1. The second-order valence-electron chi connectivity index (χ2n) is 8.27. The highest BCUT2D eigenvalue weighted by Gasteiger charge is 2.17. The lowest BCUT2D eigenvalue weighted by Gasteiger charge is -2.11. The van der Waals surface area contributed by atoms with Gasteiger partial charge in [-0.25, -0.2) is 9.37 Å². The Bertz CT molecular complexity index is 1610. The summed E-state index contributed by atoms with van der Waals surface area (Å²) in [6.45, 7) is 0. The predicted octanol–water partition coefficient (Wildman–Crippen LogP) is 6.07. The number of nitrogens with zero attached hydrogens (tertiary/aromatic N) is 2. The van der Waals surface area contributed by atoms with E-state index >= 15 is 4.39 Å².